The number of amides is 2. The van der Waals surface area contributed by atoms with Gasteiger partial charge in [0.15, 0.2) is 10.9 Å². The molecule has 2 aromatic heterocycles. The number of rotatable bonds is 5. The molecule has 0 saturated heterocycles. The minimum Gasteiger partial charge on any atom is -0.459 e. The predicted octanol–water partition coefficient (Wildman–Crippen LogP) is 4.31. The van der Waals surface area contributed by atoms with Crippen LogP contribution in [-0.2, 0) is 4.79 Å². The number of benzene rings is 2. The average Bonchev–Trinajstić information content (AvgIpc) is 3.39. The van der Waals surface area contributed by atoms with Crippen LogP contribution in [0.3, 0.4) is 0 Å². The van der Waals surface area contributed by atoms with Crippen molar-refractivity contribution >= 4 is 39.1 Å². The third kappa shape index (κ3) is 3.65. The van der Waals surface area contributed by atoms with Crippen LogP contribution in [-0.4, -0.2) is 22.8 Å². The predicted molar refractivity (Wildman–Crippen MR) is 109 cm³/mol. The zero-order valence-corrected chi connectivity index (χ0v) is 15.8. The molecular formula is C21H17N3O3S. The number of hydrogen-bond donors (Lipinski definition) is 2. The van der Waals surface area contributed by atoms with Crippen molar-refractivity contribution in [3.8, 4) is 11.3 Å². The number of aromatic nitrogens is 1. The maximum atomic E-state index is 12.4. The molecule has 6 nitrogen and oxygen atoms in total. The SMILES string of the molecule is C[C@@H](NC(=O)c1ccco1)C(=O)Nc1nc(-c2cccc3ccccc23)cs1. The lowest BCUT2D eigenvalue weighted by Gasteiger charge is -2.11. The highest BCUT2D eigenvalue weighted by atomic mass is 32.1. The van der Waals surface area contributed by atoms with Gasteiger partial charge in [0.05, 0.1) is 12.0 Å². The zero-order valence-electron chi connectivity index (χ0n) is 15.0. The first-order valence-electron chi connectivity index (χ1n) is 8.71. The molecule has 7 heteroatoms. The first-order chi connectivity index (χ1) is 13.6. The van der Waals surface area contributed by atoms with Gasteiger partial charge < -0.3 is 15.1 Å². The van der Waals surface area contributed by atoms with Gasteiger partial charge in [-0.2, -0.15) is 0 Å². The van der Waals surface area contributed by atoms with E-state index in [1.165, 1.54) is 23.7 Å². The van der Waals surface area contributed by atoms with Gasteiger partial charge in [-0.25, -0.2) is 4.98 Å². The minimum atomic E-state index is -0.734. The van der Waals surface area contributed by atoms with Crippen LogP contribution >= 0.6 is 11.3 Å². The summed E-state index contributed by atoms with van der Waals surface area (Å²) in [6, 6.07) is 16.6. The van der Waals surface area contributed by atoms with Crippen molar-refractivity contribution in [2.45, 2.75) is 13.0 Å². The quantitative estimate of drug-likeness (QED) is 0.531. The molecule has 0 fully saturated rings. The van der Waals surface area contributed by atoms with E-state index in [2.05, 4.69) is 33.8 Å². The van der Waals surface area contributed by atoms with Crippen LogP contribution in [0, 0.1) is 0 Å². The van der Waals surface area contributed by atoms with Crippen molar-refractivity contribution in [1.82, 2.24) is 10.3 Å². The van der Waals surface area contributed by atoms with E-state index < -0.39 is 11.9 Å². The van der Waals surface area contributed by atoms with Crippen LogP contribution in [0.25, 0.3) is 22.0 Å². The third-order valence-electron chi connectivity index (χ3n) is 4.29. The van der Waals surface area contributed by atoms with Crippen molar-refractivity contribution in [2.75, 3.05) is 5.32 Å². The summed E-state index contributed by atoms with van der Waals surface area (Å²) in [5.74, 6) is -0.630. The monoisotopic (exact) mass is 391 g/mol. The number of thiazole rings is 1. The number of furan rings is 1. The zero-order chi connectivity index (χ0) is 19.5. The van der Waals surface area contributed by atoms with Gasteiger partial charge in [-0.3, -0.25) is 9.59 Å². The van der Waals surface area contributed by atoms with Crippen molar-refractivity contribution in [2.24, 2.45) is 0 Å². The second-order valence-corrected chi connectivity index (χ2v) is 7.08. The van der Waals surface area contributed by atoms with Crippen LogP contribution in [0.1, 0.15) is 17.5 Å². The summed E-state index contributed by atoms with van der Waals surface area (Å²) < 4.78 is 5.03. The lowest BCUT2D eigenvalue weighted by molar-refractivity contribution is -0.117. The molecule has 2 amide bonds. The Bertz CT molecular complexity index is 1130. The van der Waals surface area contributed by atoms with Crippen molar-refractivity contribution in [3.63, 3.8) is 0 Å². The average molecular weight is 391 g/mol. The highest BCUT2D eigenvalue weighted by Crippen LogP contribution is 2.30. The van der Waals surface area contributed by atoms with E-state index >= 15 is 0 Å². The number of anilines is 1. The van der Waals surface area contributed by atoms with E-state index in [0.717, 1.165) is 22.0 Å². The summed E-state index contributed by atoms with van der Waals surface area (Å²) in [6.45, 7) is 1.61. The second kappa shape index (κ2) is 7.66. The van der Waals surface area contributed by atoms with Gasteiger partial charge in [-0.1, -0.05) is 42.5 Å². The minimum absolute atomic E-state index is 0.159. The lowest BCUT2D eigenvalue weighted by Crippen LogP contribution is -2.41. The first-order valence-corrected chi connectivity index (χ1v) is 9.58. The fourth-order valence-electron chi connectivity index (χ4n) is 2.86. The molecule has 0 radical (unpaired) electrons. The highest BCUT2D eigenvalue weighted by Gasteiger charge is 2.19. The second-order valence-electron chi connectivity index (χ2n) is 6.23. The lowest BCUT2D eigenvalue weighted by atomic mass is 10.0. The van der Waals surface area contributed by atoms with Gasteiger partial charge >= 0.3 is 0 Å². The maximum Gasteiger partial charge on any atom is 0.287 e. The molecule has 0 unspecified atom stereocenters. The molecule has 4 aromatic rings. The van der Waals surface area contributed by atoms with Crippen molar-refractivity contribution in [3.05, 3.63) is 72.0 Å². The molecule has 4 rings (SSSR count). The molecule has 0 bridgehead atoms. The fraction of sp³-hybridized carbons (Fsp3) is 0.0952. The molecule has 2 N–H and O–H groups in total. The van der Waals surface area contributed by atoms with Gasteiger partial charge in [0.25, 0.3) is 5.91 Å². The van der Waals surface area contributed by atoms with E-state index in [1.54, 1.807) is 13.0 Å². The summed E-state index contributed by atoms with van der Waals surface area (Å²) in [4.78, 5) is 28.9. The molecule has 28 heavy (non-hydrogen) atoms. The van der Waals surface area contributed by atoms with Gasteiger partial charge in [-0.05, 0) is 29.8 Å². The van der Waals surface area contributed by atoms with Crippen LogP contribution in [0.4, 0.5) is 5.13 Å². The number of carbonyl (C=O) groups is 2. The molecule has 0 aliphatic carbocycles. The molecule has 2 heterocycles. The fourth-order valence-corrected chi connectivity index (χ4v) is 3.57. The van der Waals surface area contributed by atoms with Crippen LogP contribution in [0.5, 0.6) is 0 Å². The number of fused-ring (bicyclic) bond motifs is 1. The highest BCUT2D eigenvalue weighted by molar-refractivity contribution is 7.14. The normalized spacial score (nSPS) is 11.9. The molecule has 0 spiro atoms. The third-order valence-corrected chi connectivity index (χ3v) is 5.04. The standard InChI is InChI=1S/C21H17N3O3S/c1-13(22-20(26)18-10-5-11-27-18)19(25)24-21-23-17(12-28-21)16-9-4-7-14-6-2-3-8-15(14)16/h2-13H,1H3,(H,22,26)(H,23,24,25)/t13-/m1/s1. The van der Waals surface area contributed by atoms with Gasteiger partial charge in [0, 0.05) is 10.9 Å². The maximum absolute atomic E-state index is 12.4. The van der Waals surface area contributed by atoms with Crippen LogP contribution < -0.4 is 10.6 Å². The molecule has 0 aliphatic heterocycles. The number of hydrogen-bond acceptors (Lipinski definition) is 5. The number of nitrogens with zero attached hydrogens (tertiary/aromatic N) is 1. The van der Waals surface area contributed by atoms with Gasteiger partial charge in [0.1, 0.15) is 6.04 Å². The van der Waals surface area contributed by atoms with E-state index in [9.17, 15) is 9.59 Å². The van der Waals surface area contributed by atoms with Crippen molar-refractivity contribution in [1.29, 1.82) is 0 Å². The summed E-state index contributed by atoms with van der Waals surface area (Å²) >= 11 is 1.34. The summed E-state index contributed by atoms with van der Waals surface area (Å²) in [5.41, 5.74) is 1.80. The van der Waals surface area contributed by atoms with Crippen LogP contribution in [0.15, 0.2) is 70.7 Å². The molecule has 0 saturated carbocycles. The first kappa shape index (κ1) is 17.9. The Hall–Kier alpha value is -3.45. The van der Waals surface area contributed by atoms with Gasteiger partial charge in [0.2, 0.25) is 5.91 Å². The van der Waals surface area contributed by atoms with Crippen molar-refractivity contribution < 1.29 is 14.0 Å². The Balaban J connectivity index is 1.47. The Kier molecular flexibility index (Phi) is 4.90. The summed E-state index contributed by atoms with van der Waals surface area (Å²) in [5, 5.41) is 9.97. The summed E-state index contributed by atoms with van der Waals surface area (Å²) in [6.07, 6.45) is 1.41. The Morgan fingerprint density at radius 1 is 1.07 bits per heavy atom. The number of carbonyl (C=O) groups excluding carboxylic acids is 2. The van der Waals surface area contributed by atoms with E-state index in [4.69, 9.17) is 4.42 Å². The smallest absolute Gasteiger partial charge is 0.287 e. The Morgan fingerprint density at radius 2 is 1.89 bits per heavy atom. The van der Waals surface area contributed by atoms with E-state index in [0.29, 0.717) is 5.13 Å². The van der Waals surface area contributed by atoms with Gasteiger partial charge in [-0.15, -0.1) is 11.3 Å². The molecule has 140 valence electrons. The van der Waals surface area contributed by atoms with E-state index in [1.807, 2.05) is 29.6 Å². The Morgan fingerprint density at radius 3 is 2.71 bits per heavy atom. The largest absolute Gasteiger partial charge is 0.459 e. The number of nitrogens with one attached hydrogen (secondary N) is 2. The summed E-state index contributed by atoms with van der Waals surface area (Å²) in [7, 11) is 0. The topological polar surface area (TPSA) is 84.2 Å². The van der Waals surface area contributed by atoms with Crippen LogP contribution in [0.2, 0.25) is 0 Å². The molecule has 2 aromatic carbocycles. The Labute approximate surface area is 165 Å². The molecule has 1 atom stereocenters. The molecule has 0 aliphatic rings. The van der Waals surface area contributed by atoms with E-state index in [-0.39, 0.29) is 11.7 Å². The molecular weight excluding hydrogens is 374 g/mol.